The Bertz CT molecular complexity index is 756. The zero-order valence-electron chi connectivity index (χ0n) is 10.8. The number of aldehydes is 1. The summed E-state index contributed by atoms with van der Waals surface area (Å²) >= 11 is 0. The molecule has 0 heterocycles. The maximum Gasteiger partial charge on any atom is 0.150 e. The van der Waals surface area contributed by atoms with Crippen LogP contribution in [0.1, 0.15) is 15.9 Å². The second-order valence-electron chi connectivity index (χ2n) is 4.66. The van der Waals surface area contributed by atoms with Gasteiger partial charge in [0.15, 0.2) is 6.29 Å². The predicted molar refractivity (Wildman–Crippen MR) is 79.5 cm³/mol. The molecule has 0 aliphatic rings. The molecule has 0 aliphatic carbocycles. The van der Waals surface area contributed by atoms with Crippen LogP contribution in [-0.4, -0.2) is 6.29 Å². The van der Waals surface area contributed by atoms with Crippen molar-refractivity contribution in [1.29, 1.82) is 0 Å². The van der Waals surface area contributed by atoms with E-state index < -0.39 is 0 Å². The number of benzene rings is 3. The molecule has 0 aliphatic heterocycles. The largest absolute Gasteiger partial charge is 0.298 e. The van der Waals surface area contributed by atoms with E-state index in [0.717, 1.165) is 23.0 Å². The van der Waals surface area contributed by atoms with Gasteiger partial charge in [0.25, 0.3) is 0 Å². The summed E-state index contributed by atoms with van der Waals surface area (Å²) < 4.78 is 0. The van der Waals surface area contributed by atoms with Crippen LogP contribution in [-0.2, 0) is 0 Å². The van der Waals surface area contributed by atoms with Crippen molar-refractivity contribution in [3.8, 4) is 11.1 Å². The Morgan fingerprint density at radius 1 is 0.789 bits per heavy atom. The zero-order valence-corrected chi connectivity index (χ0v) is 10.8. The molecule has 3 aromatic rings. The molecule has 3 rings (SSSR count). The van der Waals surface area contributed by atoms with E-state index in [0.29, 0.717) is 0 Å². The van der Waals surface area contributed by atoms with Crippen LogP contribution in [0.3, 0.4) is 0 Å². The Labute approximate surface area is 112 Å². The van der Waals surface area contributed by atoms with Gasteiger partial charge in [0.05, 0.1) is 0 Å². The zero-order chi connectivity index (χ0) is 13.2. The van der Waals surface area contributed by atoms with E-state index in [1.807, 2.05) is 36.4 Å². The molecule has 0 spiro atoms. The highest BCUT2D eigenvalue weighted by atomic mass is 16.1. The van der Waals surface area contributed by atoms with Crippen molar-refractivity contribution < 1.29 is 4.79 Å². The summed E-state index contributed by atoms with van der Waals surface area (Å²) in [4.78, 5) is 11.2. The van der Waals surface area contributed by atoms with Gasteiger partial charge in [-0.3, -0.25) is 4.79 Å². The van der Waals surface area contributed by atoms with Crippen LogP contribution in [0.15, 0.2) is 60.7 Å². The summed E-state index contributed by atoms with van der Waals surface area (Å²) in [5.74, 6) is 0. The predicted octanol–water partition coefficient (Wildman–Crippen LogP) is 4.63. The Hall–Kier alpha value is -2.41. The van der Waals surface area contributed by atoms with Gasteiger partial charge in [0, 0.05) is 5.56 Å². The van der Waals surface area contributed by atoms with Crippen LogP contribution in [0.5, 0.6) is 0 Å². The summed E-state index contributed by atoms with van der Waals surface area (Å²) in [5, 5.41) is 2.47. The standard InChI is InChI=1S/C18H14O/c1-13-16-8-4-2-6-14(16)10-11-17(13)18-9-5-3-7-15(18)12-19/h2-12H,1H3. The first-order valence-corrected chi connectivity index (χ1v) is 6.34. The van der Waals surface area contributed by atoms with Gasteiger partial charge in [-0.25, -0.2) is 0 Å². The van der Waals surface area contributed by atoms with Crippen LogP contribution >= 0.6 is 0 Å². The Morgan fingerprint density at radius 2 is 1.53 bits per heavy atom. The van der Waals surface area contributed by atoms with Crippen LogP contribution < -0.4 is 0 Å². The molecule has 1 nitrogen and oxygen atoms in total. The van der Waals surface area contributed by atoms with E-state index >= 15 is 0 Å². The highest BCUT2D eigenvalue weighted by Crippen LogP contribution is 2.31. The summed E-state index contributed by atoms with van der Waals surface area (Å²) in [6, 6.07) is 20.2. The first-order valence-electron chi connectivity index (χ1n) is 6.34. The normalized spacial score (nSPS) is 10.6. The van der Waals surface area contributed by atoms with Crippen LogP contribution in [0.2, 0.25) is 0 Å². The summed E-state index contributed by atoms with van der Waals surface area (Å²) in [6.07, 6.45) is 0.921. The van der Waals surface area contributed by atoms with Crippen molar-refractivity contribution in [1.82, 2.24) is 0 Å². The van der Waals surface area contributed by atoms with Crippen LogP contribution in [0, 0.1) is 6.92 Å². The SMILES string of the molecule is Cc1c(-c2ccccc2C=O)ccc2ccccc12. The lowest BCUT2D eigenvalue weighted by Gasteiger charge is -2.11. The smallest absolute Gasteiger partial charge is 0.150 e. The lowest BCUT2D eigenvalue weighted by Crippen LogP contribution is -1.90. The minimum atomic E-state index is 0.737. The highest BCUT2D eigenvalue weighted by Gasteiger charge is 2.08. The Balaban J connectivity index is 2.31. The number of fused-ring (bicyclic) bond motifs is 1. The first kappa shape index (κ1) is 11.7. The number of rotatable bonds is 2. The van der Waals surface area contributed by atoms with Gasteiger partial charge in [0.1, 0.15) is 0 Å². The second-order valence-corrected chi connectivity index (χ2v) is 4.66. The van der Waals surface area contributed by atoms with Crippen molar-refractivity contribution in [3.05, 3.63) is 71.8 Å². The third-order valence-corrected chi connectivity index (χ3v) is 3.58. The molecule has 0 fully saturated rings. The van der Waals surface area contributed by atoms with E-state index in [1.54, 1.807) is 0 Å². The van der Waals surface area contributed by atoms with E-state index in [2.05, 4.69) is 31.2 Å². The molecule has 92 valence electrons. The van der Waals surface area contributed by atoms with E-state index in [1.165, 1.54) is 16.3 Å². The Kier molecular flexibility index (Phi) is 2.88. The third-order valence-electron chi connectivity index (χ3n) is 3.58. The number of hydrogen-bond acceptors (Lipinski definition) is 1. The summed E-state index contributed by atoms with van der Waals surface area (Å²) in [5.41, 5.74) is 4.08. The van der Waals surface area contributed by atoms with Crippen molar-refractivity contribution in [2.24, 2.45) is 0 Å². The molecule has 0 unspecified atom stereocenters. The third kappa shape index (κ3) is 1.93. The molecular weight excluding hydrogens is 232 g/mol. The lowest BCUT2D eigenvalue weighted by atomic mass is 9.93. The van der Waals surface area contributed by atoms with Gasteiger partial charge in [-0.1, -0.05) is 60.7 Å². The Morgan fingerprint density at radius 3 is 2.37 bits per heavy atom. The van der Waals surface area contributed by atoms with Gasteiger partial charge in [-0.15, -0.1) is 0 Å². The molecule has 0 aromatic heterocycles. The molecule has 1 heteroatoms. The lowest BCUT2D eigenvalue weighted by molar-refractivity contribution is 0.112. The van der Waals surface area contributed by atoms with Crippen molar-refractivity contribution >= 4 is 17.1 Å². The average Bonchev–Trinajstić information content (AvgIpc) is 2.48. The van der Waals surface area contributed by atoms with Crippen LogP contribution in [0.4, 0.5) is 0 Å². The fraction of sp³-hybridized carbons (Fsp3) is 0.0556. The topological polar surface area (TPSA) is 17.1 Å². The molecule has 0 amide bonds. The van der Waals surface area contributed by atoms with E-state index in [9.17, 15) is 4.79 Å². The maximum absolute atomic E-state index is 11.2. The van der Waals surface area contributed by atoms with Gasteiger partial charge in [-0.05, 0) is 34.4 Å². The fourth-order valence-corrected chi connectivity index (χ4v) is 2.56. The number of carbonyl (C=O) groups is 1. The van der Waals surface area contributed by atoms with Gasteiger partial charge in [0.2, 0.25) is 0 Å². The molecular formula is C18H14O. The molecule has 0 N–H and O–H groups in total. The summed E-state index contributed by atoms with van der Waals surface area (Å²) in [7, 11) is 0. The van der Waals surface area contributed by atoms with E-state index in [-0.39, 0.29) is 0 Å². The van der Waals surface area contributed by atoms with Crippen molar-refractivity contribution in [2.45, 2.75) is 6.92 Å². The molecule has 3 aromatic carbocycles. The average molecular weight is 246 g/mol. The molecule has 0 bridgehead atoms. The molecule has 19 heavy (non-hydrogen) atoms. The maximum atomic E-state index is 11.2. The molecule has 0 saturated heterocycles. The highest BCUT2D eigenvalue weighted by molar-refractivity contribution is 5.95. The van der Waals surface area contributed by atoms with Gasteiger partial charge >= 0.3 is 0 Å². The van der Waals surface area contributed by atoms with Crippen LogP contribution in [0.25, 0.3) is 21.9 Å². The minimum Gasteiger partial charge on any atom is -0.298 e. The van der Waals surface area contributed by atoms with Gasteiger partial charge in [-0.2, -0.15) is 0 Å². The first-order chi connectivity index (χ1) is 9.31. The quantitative estimate of drug-likeness (QED) is 0.602. The van der Waals surface area contributed by atoms with Crippen molar-refractivity contribution in [3.63, 3.8) is 0 Å². The molecule has 0 atom stereocenters. The molecule has 0 radical (unpaired) electrons. The number of carbonyl (C=O) groups excluding carboxylic acids is 1. The monoisotopic (exact) mass is 246 g/mol. The fourth-order valence-electron chi connectivity index (χ4n) is 2.56. The molecule has 0 saturated carbocycles. The van der Waals surface area contributed by atoms with Crippen molar-refractivity contribution in [2.75, 3.05) is 0 Å². The summed E-state index contributed by atoms with van der Waals surface area (Å²) in [6.45, 7) is 2.11. The minimum absolute atomic E-state index is 0.737. The number of aryl methyl sites for hydroxylation is 1. The van der Waals surface area contributed by atoms with Gasteiger partial charge < -0.3 is 0 Å². The number of hydrogen-bond donors (Lipinski definition) is 0. The van der Waals surface area contributed by atoms with E-state index in [4.69, 9.17) is 0 Å². The second kappa shape index (κ2) is 4.69.